The summed E-state index contributed by atoms with van der Waals surface area (Å²) in [4.78, 5) is 24.2. The molecule has 0 aromatic heterocycles. The minimum Gasteiger partial charge on any atom is -0.481 e. The van der Waals surface area contributed by atoms with Crippen LogP contribution in [0.4, 0.5) is 0 Å². The molecule has 1 rings (SSSR count). The molecule has 0 bridgehead atoms. The Labute approximate surface area is 108 Å². The summed E-state index contributed by atoms with van der Waals surface area (Å²) in [6, 6.07) is 0. The molecule has 4 heteroatoms. The quantitative estimate of drug-likeness (QED) is 0.774. The molecule has 1 N–H and O–H groups in total. The van der Waals surface area contributed by atoms with Crippen molar-refractivity contribution < 1.29 is 14.7 Å². The van der Waals surface area contributed by atoms with Crippen LogP contribution in [0.5, 0.6) is 0 Å². The van der Waals surface area contributed by atoms with Crippen molar-refractivity contribution in [1.82, 2.24) is 4.90 Å². The van der Waals surface area contributed by atoms with E-state index >= 15 is 0 Å². The van der Waals surface area contributed by atoms with Crippen molar-refractivity contribution in [2.24, 2.45) is 11.8 Å². The lowest BCUT2D eigenvalue weighted by Gasteiger charge is -2.28. The number of hydrogen-bond acceptors (Lipinski definition) is 2. The molecule has 1 heterocycles. The number of aliphatic carboxylic acids is 1. The van der Waals surface area contributed by atoms with E-state index in [1.165, 1.54) is 0 Å². The molecule has 0 aliphatic carbocycles. The first-order valence-electron chi connectivity index (χ1n) is 6.48. The van der Waals surface area contributed by atoms with Crippen LogP contribution in [0.25, 0.3) is 0 Å². The zero-order chi connectivity index (χ0) is 13.5. The lowest BCUT2D eigenvalue weighted by atomic mass is 9.94. The molecule has 100 valence electrons. The van der Waals surface area contributed by atoms with E-state index in [0.29, 0.717) is 37.6 Å². The predicted octanol–water partition coefficient (Wildman–Crippen LogP) is 1.75. The highest BCUT2D eigenvalue weighted by molar-refractivity contribution is 5.77. The van der Waals surface area contributed by atoms with Crippen LogP contribution >= 0.6 is 0 Å². The van der Waals surface area contributed by atoms with E-state index < -0.39 is 5.97 Å². The molecular weight excluding hydrogens is 230 g/mol. The summed E-state index contributed by atoms with van der Waals surface area (Å²) in [5.74, 6) is 6.15. The Morgan fingerprint density at radius 3 is 2.72 bits per heavy atom. The first-order chi connectivity index (χ1) is 8.50. The number of rotatable bonds is 4. The Bertz CT molecular complexity index is 367. The molecule has 0 spiro atoms. The second-order valence-electron chi connectivity index (χ2n) is 4.92. The van der Waals surface area contributed by atoms with Crippen LogP contribution in [-0.2, 0) is 9.59 Å². The summed E-state index contributed by atoms with van der Waals surface area (Å²) < 4.78 is 0. The first kappa shape index (κ1) is 14.6. The zero-order valence-electron chi connectivity index (χ0n) is 11.1. The van der Waals surface area contributed by atoms with Crippen LogP contribution in [0.15, 0.2) is 0 Å². The van der Waals surface area contributed by atoms with Gasteiger partial charge >= 0.3 is 5.97 Å². The number of carbonyl (C=O) groups excluding carboxylic acids is 1. The first-order valence-corrected chi connectivity index (χ1v) is 6.48. The van der Waals surface area contributed by atoms with E-state index in [1.807, 2.05) is 4.90 Å². The zero-order valence-corrected chi connectivity index (χ0v) is 11.1. The van der Waals surface area contributed by atoms with Crippen molar-refractivity contribution in [2.45, 2.75) is 39.5 Å². The van der Waals surface area contributed by atoms with Crippen molar-refractivity contribution >= 4 is 11.9 Å². The Morgan fingerprint density at radius 1 is 1.33 bits per heavy atom. The van der Waals surface area contributed by atoms with Gasteiger partial charge in [-0.1, -0.05) is 19.8 Å². The van der Waals surface area contributed by atoms with E-state index in [0.717, 1.165) is 6.54 Å². The van der Waals surface area contributed by atoms with Gasteiger partial charge in [-0.15, -0.1) is 5.92 Å². The molecule has 0 saturated heterocycles. The van der Waals surface area contributed by atoms with E-state index in [2.05, 4.69) is 25.7 Å². The van der Waals surface area contributed by atoms with E-state index in [9.17, 15) is 9.59 Å². The van der Waals surface area contributed by atoms with Gasteiger partial charge in [-0.2, -0.15) is 0 Å². The fourth-order valence-electron chi connectivity index (χ4n) is 1.94. The highest BCUT2D eigenvalue weighted by atomic mass is 16.4. The predicted molar refractivity (Wildman–Crippen MR) is 68.8 cm³/mol. The van der Waals surface area contributed by atoms with Gasteiger partial charge in [-0.25, -0.2) is 0 Å². The van der Waals surface area contributed by atoms with Crippen molar-refractivity contribution in [3.05, 3.63) is 0 Å². The molecule has 4 nitrogen and oxygen atoms in total. The SMILES string of the molecule is C[C@H]1C#CCCN(C(=O)CCCC(=O)O)C[C@@H]1C. The molecule has 0 saturated carbocycles. The fraction of sp³-hybridized carbons (Fsp3) is 0.714. The number of carbonyl (C=O) groups is 2. The van der Waals surface area contributed by atoms with Crippen LogP contribution in [0.2, 0.25) is 0 Å². The van der Waals surface area contributed by atoms with Gasteiger partial charge in [0.1, 0.15) is 0 Å². The molecule has 18 heavy (non-hydrogen) atoms. The maximum Gasteiger partial charge on any atom is 0.303 e. The molecule has 1 amide bonds. The van der Waals surface area contributed by atoms with Gasteiger partial charge in [-0.05, 0) is 12.3 Å². The summed E-state index contributed by atoms with van der Waals surface area (Å²) in [5, 5.41) is 8.55. The Kier molecular flexibility index (Phi) is 5.70. The smallest absolute Gasteiger partial charge is 0.303 e. The summed E-state index contributed by atoms with van der Waals surface area (Å²) in [6.07, 6.45) is 1.51. The fourth-order valence-corrected chi connectivity index (χ4v) is 1.94. The average Bonchev–Trinajstić information content (AvgIpc) is 2.29. The van der Waals surface area contributed by atoms with Crippen LogP contribution < -0.4 is 0 Å². The maximum atomic E-state index is 12.0. The highest BCUT2D eigenvalue weighted by Gasteiger charge is 2.20. The molecule has 0 unspecified atom stereocenters. The van der Waals surface area contributed by atoms with Crippen LogP contribution in [0, 0.1) is 23.7 Å². The minimum absolute atomic E-state index is 0.0546. The number of amides is 1. The van der Waals surface area contributed by atoms with Crippen molar-refractivity contribution in [3.8, 4) is 11.8 Å². The standard InChI is InChI=1S/C14H21NO3/c1-11-6-3-4-9-15(10-12(11)2)13(16)7-5-8-14(17)18/h11-12H,4-5,7-10H2,1-2H3,(H,17,18)/t11-,12-/m0/s1. The second-order valence-corrected chi connectivity index (χ2v) is 4.92. The molecular formula is C14H21NO3. The maximum absolute atomic E-state index is 12.0. The molecule has 0 radical (unpaired) electrons. The molecule has 1 aliphatic rings. The third kappa shape index (κ3) is 4.79. The van der Waals surface area contributed by atoms with E-state index in [1.54, 1.807) is 0 Å². The van der Waals surface area contributed by atoms with Crippen LogP contribution in [0.3, 0.4) is 0 Å². The third-order valence-corrected chi connectivity index (χ3v) is 3.33. The van der Waals surface area contributed by atoms with Gasteiger partial charge in [0.15, 0.2) is 0 Å². The van der Waals surface area contributed by atoms with E-state index in [4.69, 9.17) is 5.11 Å². The third-order valence-electron chi connectivity index (χ3n) is 3.33. The number of carboxylic acids is 1. The Morgan fingerprint density at radius 2 is 2.06 bits per heavy atom. The summed E-state index contributed by atoms with van der Waals surface area (Å²) in [5.41, 5.74) is 0. The second kappa shape index (κ2) is 7.05. The van der Waals surface area contributed by atoms with Gasteiger partial charge in [0.2, 0.25) is 5.91 Å². The topological polar surface area (TPSA) is 57.6 Å². The van der Waals surface area contributed by atoms with Crippen LogP contribution in [0.1, 0.15) is 39.5 Å². The molecule has 0 fully saturated rings. The van der Waals surface area contributed by atoms with Crippen molar-refractivity contribution in [1.29, 1.82) is 0 Å². The lowest BCUT2D eigenvalue weighted by molar-refractivity contribution is -0.137. The molecule has 1 aliphatic heterocycles. The van der Waals surface area contributed by atoms with E-state index in [-0.39, 0.29) is 12.3 Å². The number of carboxylic acid groups (broad SMARTS) is 1. The lowest BCUT2D eigenvalue weighted by Crippen LogP contribution is -2.37. The summed E-state index contributed by atoms with van der Waals surface area (Å²) in [6.45, 7) is 5.57. The molecule has 0 aromatic rings. The Balaban J connectivity index is 2.47. The van der Waals surface area contributed by atoms with Gasteiger partial charge in [0.05, 0.1) is 0 Å². The average molecular weight is 251 g/mol. The van der Waals surface area contributed by atoms with Crippen molar-refractivity contribution in [3.63, 3.8) is 0 Å². The normalized spacial score (nSPS) is 23.6. The monoisotopic (exact) mass is 251 g/mol. The Hall–Kier alpha value is -1.50. The van der Waals surface area contributed by atoms with Gasteiger partial charge < -0.3 is 10.0 Å². The minimum atomic E-state index is -0.844. The molecule has 2 atom stereocenters. The summed E-state index contributed by atoms with van der Waals surface area (Å²) in [7, 11) is 0. The van der Waals surface area contributed by atoms with Crippen molar-refractivity contribution in [2.75, 3.05) is 13.1 Å². The van der Waals surface area contributed by atoms with Gasteiger partial charge in [0, 0.05) is 38.3 Å². The molecule has 0 aromatic carbocycles. The highest BCUT2D eigenvalue weighted by Crippen LogP contribution is 2.15. The summed E-state index contributed by atoms with van der Waals surface area (Å²) >= 11 is 0. The van der Waals surface area contributed by atoms with Gasteiger partial charge in [0.25, 0.3) is 0 Å². The number of hydrogen-bond donors (Lipinski definition) is 1. The largest absolute Gasteiger partial charge is 0.481 e. The van der Waals surface area contributed by atoms with Gasteiger partial charge in [-0.3, -0.25) is 9.59 Å². The number of nitrogens with zero attached hydrogens (tertiary/aromatic N) is 1. The van der Waals surface area contributed by atoms with Crippen LogP contribution in [-0.4, -0.2) is 35.0 Å².